The lowest BCUT2D eigenvalue weighted by atomic mass is 10.2. The fraction of sp³-hybridized carbons (Fsp3) is 0.227. The van der Waals surface area contributed by atoms with E-state index in [2.05, 4.69) is 22.3 Å². The van der Waals surface area contributed by atoms with Gasteiger partial charge in [0.1, 0.15) is 11.6 Å². The molecule has 0 atom stereocenters. The maximum Gasteiger partial charge on any atom is 0.266 e. The second-order valence-corrected chi connectivity index (χ2v) is 6.56. The van der Waals surface area contributed by atoms with Crippen molar-refractivity contribution in [2.75, 3.05) is 31.5 Å². The van der Waals surface area contributed by atoms with Crippen LogP contribution in [0.15, 0.2) is 66.4 Å². The Morgan fingerprint density at radius 2 is 1.68 bits per heavy atom. The van der Waals surface area contributed by atoms with E-state index in [1.165, 1.54) is 11.8 Å². The zero-order valence-corrected chi connectivity index (χ0v) is 15.5. The topological polar surface area (TPSA) is 83.2 Å². The third-order valence-electron chi connectivity index (χ3n) is 4.66. The highest BCUT2D eigenvalue weighted by molar-refractivity contribution is 5.97. The molecule has 6 heteroatoms. The quantitative estimate of drug-likeness (QED) is 0.645. The standard InChI is InChI=1S/C22H21N5O/c23-14-18-6-8-21(9-7-18)25-16-20(15-24)22(28)27-12-10-26(11-13-27)17-19-4-2-1-3-5-19/h1-9,16,25H,10-13,17H2/b20-16-. The largest absolute Gasteiger partial charge is 0.360 e. The van der Waals surface area contributed by atoms with E-state index in [-0.39, 0.29) is 11.5 Å². The summed E-state index contributed by atoms with van der Waals surface area (Å²) in [6.45, 7) is 3.62. The summed E-state index contributed by atoms with van der Waals surface area (Å²) >= 11 is 0. The zero-order chi connectivity index (χ0) is 19.8. The molecule has 1 amide bonds. The van der Waals surface area contributed by atoms with Crippen molar-refractivity contribution in [3.8, 4) is 12.1 Å². The van der Waals surface area contributed by atoms with Crippen molar-refractivity contribution < 1.29 is 4.79 Å². The molecule has 0 unspecified atom stereocenters. The molecule has 1 saturated heterocycles. The number of rotatable bonds is 5. The number of amides is 1. The lowest BCUT2D eigenvalue weighted by Crippen LogP contribution is -2.48. The number of nitrogens with one attached hydrogen (secondary N) is 1. The zero-order valence-electron chi connectivity index (χ0n) is 15.5. The first-order valence-electron chi connectivity index (χ1n) is 9.12. The number of carbonyl (C=O) groups is 1. The molecular formula is C22H21N5O. The molecule has 2 aromatic carbocycles. The predicted octanol–water partition coefficient (Wildman–Crippen LogP) is 2.72. The Kier molecular flexibility index (Phi) is 6.41. The van der Waals surface area contributed by atoms with Crippen molar-refractivity contribution >= 4 is 11.6 Å². The molecule has 1 N–H and O–H groups in total. The first-order chi connectivity index (χ1) is 13.7. The number of carbonyl (C=O) groups excluding carboxylic acids is 1. The Morgan fingerprint density at radius 1 is 1.00 bits per heavy atom. The van der Waals surface area contributed by atoms with Gasteiger partial charge in [0, 0.05) is 44.6 Å². The van der Waals surface area contributed by atoms with Crippen LogP contribution < -0.4 is 5.32 Å². The molecule has 0 aromatic heterocycles. The van der Waals surface area contributed by atoms with Crippen LogP contribution in [0.25, 0.3) is 0 Å². The number of nitrogens with zero attached hydrogens (tertiary/aromatic N) is 4. The highest BCUT2D eigenvalue weighted by atomic mass is 16.2. The third kappa shape index (κ3) is 4.97. The molecule has 1 aliphatic rings. The molecule has 0 spiro atoms. The van der Waals surface area contributed by atoms with E-state index >= 15 is 0 Å². The van der Waals surface area contributed by atoms with E-state index < -0.39 is 0 Å². The van der Waals surface area contributed by atoms with Crippen LogP contribution in [0, 0.1) is 22.7 Å². The van der Waals surface area contributed by atoms with Gasteiger partial charge >= 0.3 is 0 Å². The highest BCUT2D eigenvalue weighted by Gasteiger charge is 2.23. The Hall–Kier alpha value is -3.61. The predicted molar refractivity (Wildman–Crippen MR) is 107 cm³/mol. The monoisotopic (exact) mass is 371 g/mol. The summed E-state index contributed by atoms with van der Waals surface area (Å²) in [5.41, 5.74) is 2.60. The van der Waals surface area contributed by atoms with E-state index in [1.807, 2.05) is 30.3 Å². The summed E-state index contributed by atoms with van der Waals surface area (Å²) in [4.78, 5) is 16.7. The molecule has 140 valence electrons. The fourth-order valence-corrected chi connectivity index (χ4v) is 3.06. The summed E-state index contributed by atoms with van der Waals surface area (Å²) < 4.78 is 0. The maximum absolute atomic E-state index is 12.6. The lowest BCUT2D eigenvalue weighted by Gasteiger charge is -2.34. The number of hydrogen-bond acceptors (Lipinski definition) is 5. The van der Waals surface area contributed by atoms with Gasteiger partial charge < -0.3 is 10.2 Å². The number of benzene rings is 2. The summed E-state index contributed by atoms with van der Waals surface area (Å²) in [5, 5.41) is 21.2. The molecular weight excluding hydrogens is 350 g/mol. The van der Waals surface area contributed by atoms with Crippen LogP contribution in [0.3, 0.4) is 0 Å². The van der Waals surface area contributed by atoms with Gasteiger partial charge in [-0.15, -0.1) is 0 Å². The smallest absolute Gasteiger partial charge is 0.266 e. The number of nitriles is 2. The summed E-state index contributed by atoms with van der Waals surface area (Å²) in [6, 6.07) is 21.1. The first kappa shape index (κ1) is 19.2. The molecule has 0 saturated carbocycles. The molecule has 1 heterocycles. The van der Waals surface area contributed by atoms with Gasteiger partial charge in [-0.2, -0.15) is 10.5 Å². The maximum atomic E-state index is 12.6. The molecule has 6 nitrogen and oxygen atoms in total. The van der Waals surface area contributed by atoms with Crippen molar-refractivity contribution in [2.24, 2.45) is 0 Å². The number of anilines is 1. The van der Waals surface area contributed by atoms with Crippen molar-refractivity contribution in [1.29, 1.82) is 10.5 Å². The van der Waals surface area contributed by atoms with Gasteiger partial charge in [-0.05, 0) is 29.8 Å². The van der Waals surface area contributed by atoms with Crippen molar-refractivity contribution in [2.45, 2.75) is 6.54 Å². The van der Waals surface area contributed by atoms with Crippen LogP contribution >= 0.6 is 0 Å². The molecule has 28 heavy (non-hydrogen) atoms. The SMILES string of the molecule is N#C/C(=C/Nc1ccc(C#N)cc1)C(=O)N1CCN(Cc2ccccc2)CC1. The van der Waals surface area contributed by atoms with Crippen LogP contribution in [-0.4, -0.2) is 41.9 Å². The summed E-state index contributed by atoms with van der Waals surface area (Å²) in [6.07, 6.45) is 1.43. The Bertz CT molecular complexity index is 914. The Labute approximate surface area is 164 Å². The van der Waals surface area contributed by atoms with Gasteiger partial charge in [0.25, 0.3) is 5.91 Å². The van der Waals surface area contributed by atoms with Crippen molar-refractivity contribution in [3.05, 3.63) is 77.5 Å². The van der Waals surface area contributed by atoms with Crippen LogP contribution in [0.4, 0.5) is 5.69 Å². The number of piperazine rings is 1. The van der Waals surface area contributed by atoms with Crippen LogP contribution in [0.2, 0.25) is 0 Å². The second-order valence-electron chi connectivity index (χ2n) is 6.56. The summed E-state index contributed by atoms with van der Waals surface area (Å²) in [5.74, 6) is -0.261. The normalized spacial score (nSPS) is 14.8. The minimum atomic E-state index is -0.261. The van der Waals surface area contributed by atoms with E-state index in [9.17, 15) is 10.1 Å². The Morgan fingerprint density at radius 3 is 2.29 bits per heavy atom. The van der Waals surface area contributed by atoms with E-state index in [1.54, 1.807) is 29.2 Å². The van der Waals surface area contributed by atoms with Gasteiger partial charge in [0.2, 0.25) is 0 Å². The number of hydrogen-bond donors (Lipinski definition) is 1. The van der Waals surface area contributed by atoms with Crippen molar-refractivity contribution in [3.63, 3.8) is 0 Å². The van der Waals surface area contributed by atoms with Crippen LogP contribution in [0.5, 0.6) is 0 Å². The van der Waals surface area contributed by atoms with Gasteiger partial charge in [0.05, 0.1) is 11.6 Å². The molecule has 0 bridgehead atoms. The fourth-order valence-electron chi connectivity index (χ4n) is 3.06. The molecule has 0 aliphatic carbocycles. The van der Waals surface area contributed by atoms with Crippen molar-refractivity contribution in [1.82, 2.24) is 9.80 Å². The average molecular weight is 371 g/mol. The highest BCUT2D eigenvalue weighted by Crippen LogP contribution is 2.13. The average Bonchev–Trinajstić information content (AvgIpc) is 2.75. The summed E-state index contributed by atoms with van der Waals surface area (Å²) in [7, 11) is 0. The van der Waals surface area contributed by atoms with Crippen LogP contribution in [0.1, 0.15) is 11.1 Å². The molecule has 1 aliphatic heterocycles. The third-order valence-corrected chi connectivity index (χ3v) is 4.66. The minimum absolute atomic E-state index is 0.0702. The van der Waals surface area contributed by atoms with Gasteiger partial charge in [-0.1, -0.05) is 30.3 Å². The van der Waals surface area contributed by atoms with E-state index in [0.29, 0.717) is 24.3 Å². The van der Waals surface area contributed by atoms with E-state index in [4.69, 9.17) is 5.26 Å². The van der Waals surface area contributed by atoms with Gasteiger partial charge in [0.15, 0.2) is 0 Å². The Balaban J connectivity index is 1.55. The lowest BCUT2D eigenvalue weighted by molar-refractivity contribution is -0.128. The molecule has 3 rings (SSSR count). The van der Waals surface area contributed by atoms with Gasteiger partial charge in [-0.25, -0.2) is 0 Å². The van der Waals surface area contributed by atoms with Gasteiger partial charge in [-0.3, -0.25) is 9.69 Å². The molecule has 0 radical (unpaired) electrons. The molecule has 1 fully saturated rings. The first-order valence-corrected chi connectivity index (χ1v) is 9.12. The van der Waals surface area contributed by atoms with E-state index in [0.717, 1.165) is 19.6 Å². The molecule has 2 aromatic rings. The second kappa shape index (κ2) is 9.36. The van der Waals surface area contributed by atoms with Crippen LogP contribution in [-0.2, 0) is 11.3 Å². The minimum Gasteiger partial charge on any atom is -0.360 e.